The Bertz CT molecular complexity index is 323. The molecule has 1 aliphatic carbocycles. The normalized spacial score (nSPS) is 21.1. The Kier molecular flexibility index (Phi) is 5.70. The zero-order chi connectivity index (χ0) is 12.7. The number of hydrogen-bond acceptors (Lipinski definition) is 6. The molecule has 0 bridgehead atoms. The van der Waals surface area contributed by atoms with Crippen LogP contribution in [0.4, 0.5) is 4.79 Å². The van der Waals surface area contributed by atoms with Gasteiger partial charge in [-0.05, 0) is 12.8 Å². The van der Waals surface area contributed by atoms with E-state index in [2.05, 4.69) is 13.7 Å². The van der Waals surface area contributed by atoms with Gasteiger partial charge in [0.05, 0.1) is 12.4 Å². The van der Waals surface area contributed by atoms with Crippen LogP contribution in [0.1, 0.15) is 32.1 Å². The van der Waals surface area contributed by atoms with Gasteiger partial charge in [-0.2, -0.15) is 8.42 Å². The lowest BCUT2D eigenvalue weighted by Gasteiger charge is -2.19. The summed E-state index contributed by atoms with van der Waals surface area (Å²) in [6.45, 7) is 0.831. The molecule has 0 aromatic rings. The summed E-state index contributed by atoms with van der Waals surface area (Å²) >= 11 is 0. The first-order valence-corrected chi connectivity index (χ1v) is 7.12. The average molecular weight is 266 g/mol. The van der Waals surface area contributed by atoms with Gasteiger partial charge in [-0.25, -0.2) is 4.79 Å². The summed E-state index contributed by atoms with van der Waals surface area (Å²) in [6, 6.07) is 0. The van der Waals surface area contributed by atoms with Crippen molar-refractivity contribution in [2.45, 2.75) is 37.4 Å². The molecule has 0 radical (unpaired) electrons. The summed E-state index contributed by atoms with van der Waals surface area (Å²) in [7, 11) is -1.98. The van der Waals surface area contributed by atoms with E-state index in [0.717, 1.165) is 32.1 Å². The standard InChI is InChI=1S/C7H14O3S.C3H4O3/c1-10-11(8,9)7-5-3-2-4-6-7;4-3-5-1-2-6-3/h7H,2-6H2,1H3;1-2H2. The predicted molar refractivity (Wildman–Crippen MR) is 60.1 cm³/mol. The monoisotopic (exact) mass is 266 g/mol. The van der Waals surface area contributed by atoms with Crippen molar-refractivity contribution in [3.63, 3.8) is 0 Å². The van der Waals surface area contributed by atoms with Gasteiger partial charge in [0.1, 0.15) is 13.2 Å². The highest BCUT2D eigenvalue weighted by molar-refractivity contribution is 7.87. The molecule has 17 heavy (non-hydrogen) atoms. The fourth-order valence-electron chi connectivity index (χ4n) is 1.78. The van der Waals surface area contributed by atoms with E-state index >= 15 is 0 Å². The lowest BCUT2D eigenvalue weighted by atomic mass is 10.0. The molecule has 2 rings (SSSR count). The Morgan fingerprint density at radius 1 is 1.12 bits per heavy atom. The number of carbonyl (C=O) groups is 1. The molecule has 7 heteroatoms. The van der Waals surface area contributed by atoms with Crippen LogP contribution in [0, 0.1) is 0 Å². The van der Waals surface area contributed by atoms with Gasteiger partial charge in [0.15, 0.2) is 0 Å². The third kappa shape index (κ3) is 4.91. The van der Waals surface area contributed by atoms with E-state index < -0.39 is 16.3 Å². The highest BCUT2D eigenvalue weighted by Crippen LogP contribution is 2.23. The van der Waals surface area contributed by atoms with Crippen LogP contribution in [0.5, 0.6) is 0 Å². The van der Waals surface area contributed by atoms with Crippen molar-refractivity contribution in [3.05, 3.63) is 0 Å². The highest BCUT2D eigenvalue weighted by Gasteiger charge is 2.26. The topological polar surface area (TPSA) is 78.9 Å². The molecule has 0 atom stereocenters. The summed E-state index contributed by atoms with van der Waals surface area (Å²) in [4.78, 5) is 9.80. The minimum atomic E-state index is -3.22. The number of rotatable bonds is 2. The average Bonchev–Trinajstić information content (AvgIpc) is 2.82. The first-order valence-electron chi connectivity index (χ1n) is 5.65. The maximum atomic E-state index is 11.1. The summed E-state index contributed by atoms with van der Waals surface area (Å²) in [5.74, 6) is 0. The van der Waals surface area contributed by atoms with Gasteiger partial charge in [0.2, 0.25) is 0 Å². The van der Waals surface area contributed by atoms with Crippen LogP contribution >= 0.6 is 0 Å². The van der Waals surface area contributed by atoms with Gasteiger partial charge in [-0.15, -0.1) is 0 Å². The zero-order valence-electron chi connectivity index (χ0n) is 9.88. The first-order chi connectivity index (χ1) is 8.06. The summed E-state index contributed by atoms with van der Waals surface area (Å²) < 4.78 is 35.3. The van der Waals surface area contributed by atoms with Crippen LogP contribution in [0.15, 0.2) is 0 Å². The second kappa shape index (κ2) is 6.80. The third-order valence-electron chi connectivity index (χ3n) is 2.72. The summed E-state index contributed by atoms with van der Waals surface area (Å²) in [5, 5.41) is -0.235. The van der Waals surface area contributed by atoms with Crippen LogP contribution in [0.2, 0.25) is 0 Å². The Hall–Kier alpha value is -0.820. The van der Waals surface area contributed by atoms with E-state index in [4.69, 9.17) is 0 Å². The van der Waals surface area contributed by atoms with Crippen LogP contribution in [0.3, 0.4) is 0 Å². The fraction of sp³-hybridized carbons (Fsp3) is 0.900. The number of hydrogen-bond donors (Lipinski definition) is 0. The summed E-state index contributed by atoms with van der Waals surface area (Å²) in [6.07, 6.45) is 4.21. The van der Waals surface area contributed by atoms with E-state index in [0.29, 0.717) is 13.2 Å². The van der Waals surface area contributed by atoms with E-state index in [-0.39, 0.29) is 5.25 Å². The molecule has 1 heterocycles. The molecule has 0 N–H and O–H groups in total. The van der Waals surface area contributed by atoms with Crippen molar-refractivity contribution in [2.75, 3.05) is 20.3 Å². The molecule has 0 aromatic carbocycles. The molecule has 1 saturated heterocycles. The quantitative estimate of drug-likeness (QED) is 0.556. The van der Waals surface area contributed by atoms with Gasteiger partial charge in [0, 0.05) is 0 Å². The Morgan fingerprint density at radius 2 is 1.65 bits per heavy atom. The summed E-state index contributed by atoms with van der Waals surface area (Å²) in [5.41, 5.74) is 0. The van der Waals surface area contributed by atoms with Crippen molar-refractivity contribution in [3.8, 4) is 0 Å². The van der Waals surface area contributed by atoms with Crippen LogP contribution in [-0.4, -0.2) is 40.1 Å². The van der Waals surface area contributed by atoms with E-state index in [9.17, 15) is 13.2 Å². The van der Waals surface area contributed by atoms with Crippen molar-refractivity contribution < 1.29 is 26.9 Å². The van der Waals surface area contributed by atoms with Gasteiger partial charge >= 0.3 is 6.16 Å². The molecular formula is C10H18O6S. The van der Waals surface area contributed by atoms with Crippen molar-refractivity contribution in [1.29, 1.82) is 0 Å². The molecule has 2 fully saturated rings. The molecule has 2 aliphatic rings. The second-order valence-electron chi connectivity index (χ2n) is 3.87. The first kappa shape index (κ1) is 14.2. The van der Waals surface area contributed by atoms with Gasteiger partial charge in [-0.3, -0.25) is 4.18 Å². The zero-order valence-corrected chi connectivity index (χ0v) is 10.7. The second-order valence-corrected chi connectivity index (χ2v) is 5.85. The predicted octanol–water partition coefficient (Wildman–Crippen LogP) is 1.45. The van der Waals surface area contributed by atoms with E-state index in [1.807, 2.05) is 0 Å². The Morgan fingerprint density at radius 3 is 2.00 bits per heavy atom. The molecule has 1 aliphatic heterocycles. The van der Waals surface area contributed by atoms with Crippen LogP contribution in [-0.2, 0) is 23.8 Å². The van der Waals surface area contributed by atoms with E-state index in [1.54, 1.807) is 0 Å². The van der Waals surface area contributed by atoms with Crippen molar-refractivity contribution >= 4 is 16.3 Å². The molecule has 1 saturated carbocycles. The van der Waals surface area contributed by atoms with Crippen molar-refractivity contribution in [2.24, 2.45) is 0 Å². The largest absolute Gasteiger partial charge is 0.508 e. The van der Waals surface area contributed by atoms with Gasteiger partial charge in [-0.1, -0.05) is 19.3 Å². The Labute approximate surface area is 101 Å². The lowest BCUT2D eigenvalue weighted by Crippen LogP contribution is -2.24. The highest BCUT2D eigenvalue weighted by atomic mass is 32.2. The smallest absolute Gasteiger partial charge is 0.431 e. The molecular weight excluding hydrogens is 248 g/mol. The van der Waals surface area contributed by atoms with Crippen LogP contribution < -0.4 is 0 Å². The molecule has 100 valence electrons. The van der Waals surface area contributed by atoms with Gasteiger partial charge < -0.3 is 9.47 Å². The molecule has 0 spiro atoms. The minimum Gasteiger partial charge on any atom is -0.431 e. The maximum absolute atomic E-state index is 11.1. The third-order valence-corrected chi connectivity index (χ3v) is 4.47. The number of ether oxygens (including phenoxy) is 2. The number of carbonyl (C=O) groups excluding carboxylic acids is 1. The molecule has 0 aromatic heterocycles. The lowest BCUT2D eigenvalue weighted by molar-refractivity contribution is 0.131. The van der Waals surface area contributed by atoms with Gasteiger partial charge in [0.25, 0.3) is 10.1 Å². The fourth-order valence-corrected chi connectivity index (χ4v) is 2.96. The van der Waals surface area contributed by atoms with Crippen molar-refractivity contribution in [1.82, 2.24) is 0 Å². The molecule has 0 amide bonds. The molecule has 6 nitrogen and oxygen atoms in total. The number of cyclic esters (lactones) is 2. The van der Waals surface area contributed by atoms with Crippen LogP contribution in [0.25, 0.3) is 0 Å². The Balaban J connectivity index is 0.000000202. The SMILES string of the molecule is COS(=O)(=O)C1CCCCC1.O=C1OCCO1. The maximum Gasteiger partial charge on any atom is 0.508 e. The van der Waals surface area contributed by atoms with E-state index in [1.165, 1.54) is 7.11 Å². The minimum absolute atomic E-state index is 0.235. The molecule has 0 unspecified atom stereocenters.